The van der Waals surface area contributed by atoms with Crippen LogP contribution in [0.15, 0.2) is 48.5 Å². The first-order chi connectivity index (χ1) is 13.7. The number of aryl methyl sites for hydroxylation is 1. The molecule has 0 saturated heterocycles. The average molecular weight is 378 g/mol. The fraction of sp³-hybridized carbons (Fsp3) is 0.238. The molecular weight excluding hydrogens is 356 g/mol. The molecule has 7 heteroatoms. The summed E-state index contributed by atoms with van der Waals surface area (Å²) in [4.78, 5) is 9.02. The van der Waals surface area contributed by atoms with E-state index in [0.29, 0.717) is 11.7 Å². The second kappa shape index (κ2) is 8.04. The third-order valence-electron chi connectivity index (χ3n) is 4.38. The van der Waals surface area contributed by atoms with Crippen LogP contribution >= 0.6 is 0 Å². The second-order valence-electron chi connectivity index (χ2n) is 6.40. The predicted octanol–water partition coefficient (Wildman–Crippen LogP) is 3.92. The van der Waals surface area contributed by atoms with Gasteiger partial charge in [-0.3, -0.25) is 0 Å². The Kier molecular flexibility index (Phi) is 5.14. The van der Waals surface area contributed by atoms with Crippen LogP contribution in [0.1, 0.15) is 11.3 Å². The molecular formula is C21H22N4O3. The van der Waals surface area contributed by atoms with E-state index in [2.05, 4.69) is 26.7 Å². The van der Waals surface area contributed by atoms with Crippen LogP contribution in [-0.4, -0.2) is 30.4 Å². The van der Waals surface area contributed by atoms with Crippen LogP contribution in [0.2, 0.25) is 0 Å². The average Bonchev–Trinajstić information content (AvgIpc) is 3.16. The standard InChI is InChI=1S/C21H22N4O3/c1-14-11-20(22-10-9-15-5-3-4-6-17(15)26-2)25-21(23-14)24-16-7-8-18-19(12-16)28-13-27-18/h3-8,11-12H,9-10,13H2,1-2H3,(H2,22,23,24,25). The lowest BCUT2D eigenvalue weighted by atomic mass is 10.1. The first-order valence-corrected chi connectivity index (χ1v) is 9.09. The SMILES string of the molecule is COc1ccccc1CCNc1cc(C)nc(Nc2ccc3c(c2)OCO3)n1. The van der Waals surface area contributed by atoms with Crippen molar-refractivity contribution < 1.29 is 14.2 Å². The number of hydrogen-bond acceptors (Lipinski definition) is 7. The molecule has 2 heterocycles. The Morgan fingerprint density at radius 2 is 1.89 bits per heavy atom. The summed E-state index contributed by atoms with van der Waals surface area (Å²) in [6.45, 7) is 2.93. The Morgan fingerprint density at radius 1 is 1.04 bits per heavy atom. The van der Waals surface area contributed by atoms with Crippen molar-refractivity contribution in [3.63, 3.8) is 0 Å². The molecule has 2 N–H and O–H groups in total. The summed E-state index contributed by atoms with van der Waals surface area (Å²) in [7, 11) is 1.69. The van der Waals surface area contributed by atoms with Gasteiger partial charge in [0.1, 0.15) is 11.6 Å². The van der Waals surface area contributed by atoms with Crippen molar-refractivity contribution in [1.29, 1.82) is 0 Å². The van der Waals surface area contributed by atoms with Gasteiger partial charge in [-0.15, -0.1) is 0 Å². The predicted molar refractivity (Wildman–Crippen MR) is 108 cm³/mol. The Bertz CT molecular complexity index is 978. The van der Waals surface area contributed by atoms with Crippen LogP contribution in [0.5, 0.6) is 17.2 Å². The van der Waals surface area contributed by atoms with Crippen LogP contribution in [0.3, 0.4) is 0 Å². The largest absolute Gasteiger partial charge is 0.496 e. The molecule has 4 rings (SSSR count). The van der Waals surface area contributed by atoms with Gasteiger partial charge >= 0.3 is 0 Å². The number of nitrogens with zero attached hydrogens (tertiary/aromatic N) is 2. The minimum Gasteiger partial charge on any atom is -0.496 e. The highest BCUT2D eigenvalue weighted by Gasteiger charge is 2.14. The summed E-state index contributed by atoms with van der Waals surface area (Å²) in [6.07, 6.45) is 0.831. The zero-order valence-corrected chi connectivity index (χ0v) is 15.9. The van der Waals surface area contributed by atoms with Gasteiger partial charge in [-0.25, -0.2) is 4.98 Å². The molecule has 28 heavy (non-hydrogen) atoms. The van der Waals surface area contributed by atoms with Crippen molar-refractivity contribution in [1.82, 2.24) is 9.97 Å². The Labute approximate surface area is 163 Å². The van der Waals surface area contributed by atoms with Crippen LogP contribution in [0.25, 0.3) is 0 Å². The van der Waals surface area contributed by atoms with Crippen molar-refractivity contribution in [3.8, 4) is 17.2 Å². The quantitative estimate of drug-likeness (QED) is 0.645. The van der Waals surface area contributed by atoms with Crippen molar-refractivity contribution in [3.05, 3.63) is 59.8 Å². The summed E-state index contributed by atoms with van der Waals surface area (Å²) in [5.74, 6) is 3.65. The van der Waals surface area contributed by atoms with Crippen LogP contribution in [-0.2, 0) is 6.42 Å². The van der Waals surface area contributed by atoms with Crippen LogP contribution in [0.4, 0.5) is 17.5 Å². The summed E-state index contributed by atoms with van der Waals surface area (Å²) in [6, 6.07) is 15.6. The number of methoxy groups -OCH3 is 1. The second-order valence-corrected chi connectivity index (χ2v) is 6.40. The number of ether oxygens (including phenoxy) is 3. The van der Waals surface area contributed by atoms with Gasteiger partial charge in [0.25, 0.3) is 0 Å². The molecule has 0 unspecified atom stereocenters. The molecule has 2 aromatic carbocycles. The lowest BCUT2D eigenvalue weighted by Crippen LogP contribution is -2.09. The Balaban J connectivity index is 1.42. The van der Waals surface area contributed by atoms with E-state index < -0.39 is 0 Å². The number of rotatable bonds is 7. The first-order valence-electron chi connectivity index (χ1n) is 9.09. The van der Waals surface area contributed by atoms with E-state index in [1.807, 2.05) is 49.4 Å². The highest BCUT2D eigenvalue weighted by atomic mass is 16.7. The van der Waals surface area contributed by atoms with Crippen molar-refractivity contribution in [2.75, 3.05) is 31.1 Å². The van der Waals surface area contributed by atoms with E-state index in [1.165, 1.54) is 0 Å². The fourth-order valence-corrected chi connectivity index (χ4v) is 3.05. The topological polar surface area (TPSA) is 77.5 Å². The summed E-state index contributed by atoms with van der Waals surface area (Å²) >= 11 is 0. The third-order valence-corrected chi connectivity index (χ3v) is 4.38. The minimum absolute atomic E-state index is 0.250. The maximum atomic E-state index is 5.41. The summed E-state index contributed by atoms with van der Waals surface area (Å²) in [5.41, 5.74) is 2.87. The monoisotopic (exact) mass is 378 g/mol. The van der Waals surface area contributed by atoms with E-state index in [4.69, 9.17) is 14.2 Å². The van der Waals surface area contributed by atoms with Gasteiger partial charge in [0, 0.05) is 30.1 Å². The lowest BCUT2D eigenvalue weighted by molar-refractivity contribution is 0.174. The van der Waals surface area contributed by atoms with E-state index in [1.54, 1.807) is 7.11 Å². The number of hydrogen-bond donors (Lipinski definition) is 2. The molecule has 0 saturated carbocycles. The number of anilines is 3. The molecule has 7 nitrogen and oxygen atoms in total. The molecule has 1 aliphatic rings. The molecule has 0 atom stereocenters. The molecule has 0 aliphatic carbocycles. The van der Waals surface area contributed by atoms with Gasteiger partial charge < -0.3 is 24.8 Å². The van der Waals surface area contributed by atoms with Crippen molar-refractivity contribution in [2.24, 2.45) is 0 Å². The summed E-state index contributed by atoms with van der Waals surface area (Å²) in [5, 5.41) is 6.59. The molecule has 0 spiro atoms. The normalized spacial score (nSPS) is 11.9. The molecule has 144 valence electrons. The van der Waals surface area contributed by atoms with Crippen molar-refractivity contribution >= 4 is 17.5 Å². The number of aromatic nitrogens is 2. The van der Waals surface area contributed by atoms with E-state index in [9.17, 15) is 0 Å². The number of fused-ring (bicyclic) bond motifs is 1. The van der Waals surface area contributed by atoms with E-state index in [-0.39, 0.29) is 6.79 Å². The molecule has 0 fully saturated rings. The first kappa shape index (κ1) is 17.9. The van der Waals surface area contributed by atoms with E-state index in [0.717, 1.165) is 47.2 Å². The van der Waals surface area contributed by atoms with Gasteiger partial charge in [-0.2, -0.15) is 4.98 Å². The van der Waals surface area contributed by atoms with Gasteiger partial charge in [-0.05, 0) is 37.1 Å². The Hall–Kier alpha value is -3.48. The maximum absolute atomic E-state index is 5.41. The van der Waals surface area contributed by atoms with Gasteiger partial charge in [0.2, 0.25) is 12.7 Å². The van der Waals surface area contributed by atoms with Gasteiger partial charge in [-0.1, -0.05) is 18.2 Å². The zero-order chi connectivity index (χ0) is 19.3. The highest BCUT2D eigenvalue weighted by molar-refractivity contribution is 5.61. The van der Waals surface area contributed by atoms with E-state index >= 15 is 0 Å². The van der Waals surface area contributed by atoms with Crippen LogP contribution < -0.4 is 24.8 Å². The molecule has 1 aliphatic heterocycles. The third kappa shape index (κ3) is 4.09. The number of nitrogens with one attached hydrogen (secondary N) is 2. The fourth-order valence-electron chi connectivity index (χ4n) is 3.05. The molecule has 0 radical (unpaired) electrons. The highest BCUT2D eigenvalue weighted by Crippen LogP contribution is 2.34. The number of para-hydroxylation sites is 1. The zero-order valence-electron chi connectivity index (χ0n) is 15.9. The molecule has 1 aromatic heterocycles. The molecule has 3 aromatic rings. The Morgan fingerprint density at radius 3 is 2.79 bits per heavy atom. The lowest BCUT2D eigenvalue weighted by Gasteiger charge is -2.11. The summed E-state index contributed by atoms with van der Waals surface area (Å²) < 4.78 is 16.2. The smallest absolute Gasteiger partial charge is 0.231 e. The minimum atomic E-state index is 0.250. The van der Waals surface area contributed by atoms with Gasteiger partial charge in [0.15, 0.2) is 11.5 Å². The van der Waals surface area contributed by atoms with Crippen LogP contribution in [0, 0.1) is 6.92 Å². The maximum Gasteiger partial charge on any atom is 0.231 e. The van der Waals surface area contributed by atoms with Gasteiger partial charge in [0.05, 0.1) is 7.11 Å². The number of benzene rings is 2. The van der Waals surface area contributed by atoms with Crippen molar-refractivity contribution in [2.45, 2.75) is 13.3 Å². The molecule has 0 bridgehead atoms. The molecule has 0 amide bonds.